The predicted molar refractivity (Wildman–Crippen MR) is 88.0 cm³/mol. The maximum atomic E-state index is 13.1. The lowest BCUT2D eigenvalue weighted by molar-refractivity contribution is -0.143. The molecule has 1 aliphatic rings. The second kappa shape index (κ2) is 6.98. The number of carboxylic acid groups (broad SMARTS) is 1. The summed E-state index contributed by atoms with van der Waals surface area (Å²) in [5, 5.41) is 9.23. The Morgan fingerprint density at radius 3 is 2.33 bits per heavy atom. The fourth-order valence-corrected chi connectivity index (χ4v) is 4.91. The monoisotopic (exact) mass is 357 g/mol. The molecular formula is C16H23NO6S. The Labute approximate surface area is 142 Å². The van der Waals surface area contributed by atoms with Gasteiger partial charge < -0.3 is 14.6 Å². The predicted octanol–water partition coefficient (Wildman–Crippen LogP) is 1.89. The van der Waals surface area contributed by atoms with Crippen molar-refractivity contribution in [1.29, 1.82) is 0 Å². The first-order valence-electron chi connectivity index (χ1n) is 7.69. The van der Waals surface area contributed by atoms with Gasteiger partial charge >= 0.3 is 5.97 Å². The lowest BCUT2D eigenvalue weighted by Gasteiger charge is -2.35. The standard InChI is InChI=1S/C16H23NO6S/c1-10-7-13(22-3)14(23-4)8-15(10)24(20,21)17-9-12(16(18)19)6-5-11(17)2/h7-8,11-12H,5-6,9H2,1-4H3,(H,18,19). The first kappa shape index (κ1) is 18.5. The van der Waals surface area contributed by atoms with Crippen LogP contribution in [0.25, 0.3) is 0 Å². The van der Waals surface area contributed by atoms with Gasteiger partial charge in [-0.2, -0.15) is 4.31 Å². The van der Waals surface area contributed by atoms with Crippen LogP contribution < -0.4 is 9.47 Å². The van der Waals surface area contributed by atoms with Gasteiger partial charge in [0, 0.05) is 18.7 Å². The molecule has 2 rings (SSSR count). The highest BCUT2D eigenvalue weighted by atomic mass is 32.2. The summed E-state index contributed by atoms with van der Waals surface area (Å²) in [6, 6.07) is 2.79. The van der Waals surface area contributed by atoms with Gasteiger partial charge in [-0.1, -0.05) is 0 Å². The number of sulfonamides is 1. The third kappa shape index (κ3) is 3.34. The van der Waals surface area contributed by atoms with Crippen LogP contribution in [0.15, 0.2) is 17.0 Å². The number of benzene rings is 1. The van der Waals surface area contributed by atoms with E-state index < -0.39 is 21.9 Å². The van der Waals surface area contributed by atoms with Crippen molar-refractivity contribution in [2.45, 2.75) is 37.6 Å². The van der Waals surface area contributed by atoms with E-state index in [9.17, 15) is 18.3 Å². The van der Waals surface area contributed by atoms with Crippen molar-refractivity contribution in [2.75, 3.05) is 20.8 Å². The van der Waals surface area contributed by atoms with Gasteiger partial charge in [-0.05, 0) is 38.3 Å². The van der Waals surface area contributed by atoms with E-state index in [1.807, 2.05) is 0 Å². The van der Waals surface area contributed by atoms with Crippen LogP contribution in [-0.4, -0.2) is 50.6 Å². The molecule has 2 atom stereocenters. The number of carbonyl (C=O) groups is 1. The molecule has 1 aromatic rings. The third-order valence-corrected chi connectivity index (χ3v) is 6.56. The van der Waals surface area contributed by atoms with Gasteiger partial charge in [0.1, 0.15) is 0 Å². The van der Waals surface area contributed by atoms with E-state index in [0.29, 0.717) is 29.9 Å². The molecule has 8 heteroatoms. The lowest BCUT2D eigenvalue weighted by Crippen LogP contribution is -2.47. The molecular weight excluding hydrogens is 334 g/mol. The highest BCUT2D eigenvalue weighted by Gasteiger charge is 2.38. The number of hydrogen-bond acceptors (Lipinski definition) is 5. The Balaban J connectivity index is 2.47. The number of nitrogens with zero attached hydrogens (tertiary/aromatic N) is 1. The van der Waals surface area contributed by atoms with Crippen LogP contribution in [0, 0.1) is 12.8 Å². The zero-order valence-electron chi connectivity index (χ0n) is 14.3. The zero-order valence-corrected chi connectivity index (χ0v) is 15.1. The molecule has 0 spiro atoms. The van der Waals surface area contributed by atoms with Crippen molar-refractivity contribution < 1.29 is 27.8 Å². The lowest BCUT2D eigenvalue weighted by atomic mass is 9.96. The highest BCUT2D eigenvalue weighted by molar-refractivity contribution is 7.89. The summed E-state index contributed by atoms with van der Waals surface area (Å²) in [7, 11) is -0.912. The van der Waals surface area contributed by atoms with Gasteiger partial charge in [0.05, 0.1) is 25.0 Å². The molecule has 1 fully saturated rings. The second-order valence-electron chi connectivity index (χ2n) is 6.01. The topological polar surface area (TPSA) is 93.1 Å². The van der Waals surface area contributed by atoms with Crippen molar-refractivity contribution >= 4 is 16.0 Å². The van der Waals surface area contributed by atoms with E-state index in [1.165, 1.54) is 24.6 Å². The number of aryl methyl sites for hydroxylation is 1. The largest absolute Gasteiger partial charge is 0.493 e. The minimum atomic E-state index is -3.83. The van der Waals surface area contributed by atoms with Crippen LogP contribution in [0.1, 0.15) is 25.3 Å². The molecule has 0 aromatic heterocycles. The summed E-state index contributed by atoms with van der Waals surface area (Å²) in [6.45, 7) is 3.45. The number of piperidine rings is 1. The van der Waals surface area contributed by atoms with E-state index in [1.54, 1.807) is 19.9 Å². The normalized spacial score (nSPS) is 22.2. The molecule has 1 aromatic carbocycles. The maximum absolute atomic E-state index is 13.1. The summed E-state index contributed by atoms with van der Waals surface area (Å²) in [6.07, 6.45) is 0.996. The molecule has 0 aliphatic carbocycles. The molecule has 7 nitrogen and oxygen atoms in total. The molecule has 0 radical (unpaired) electrons. The SMILES string of the molecule is COc1cc(C)c(S(=O)(=O)N2CC(C(=O)O)CCC2C)cc1OC. The Morgan fingerprint density at radius 2 is 1.79 bits per heavy atom. The van der Waals surface area contributed by atoms with E-state index in [2.05, 4.69) is 0 Å². The summed E-state index contributed by atoms with van der Waals surface area (Å²) in [4.78, 5) is 11.4. The van der Waals surface area contributed by atoms with Crippen LogP contribution in [0.4, 0.5) is 0 Å². The number of aliphatic carboxylic acids is 1. The number of hydrogen-bond donors (Lipinski definition) is 1. The summed E-state index contributed by atoms with van der Waals surface area (Å²) in [5.74, 6) is -0.882. The Kier molecular flexibility index (Phi) is 5.39. The van der Waals surface area contributed by atoms with Crippen LogP contribution in [0.2, 0.25) is 0 Å². The molecule has 1 saturated heterocycles. The Bertz CT molecular complexity index is 730. The van der Waals surface area contributed by atoms with Crippen molar-refractivity contribution in [3.05, 3.63) is 17.7 Å². The van der Waals surface area contributed by atoms with E-state index >= 15 is 0 Å². The highest BCUT2D eigenvalue weighted by Crippen LogP contribution is 2.35. The van der Waals surface area contributed by atoms with Crippen molar-refractivity contribution in [3.8, 4) is 11.5 Å². The van der Waals surface area contributed by atoms with Gasteiger partial charge in [-0.3, -0.25) is 4.79 Å². The molecule has 134 valence electrons. The average molecular weight is 357 g/mol. The number of ether oxygens (including phenoxy) is 2. The first-order chi connectivity index (χ1) is 11.2. The van der Waals surface area contributed by atoms with Crippen molar-refractivity contribution in [1.82, 2.24) is 4.31 Å². The summed E-state index contributed by atoms with van der Waals surface area (Å²) in [5.41, 5.74) is 0.525. The molecule has 1 aliphatic heterocycles. The van der Waals surface area contributed by atoms with Gasteiger partial charge in [0.2, 0.25) is 10.0 Å². The number of methoxy groups -OCH3 is 2. The summed E-state index contributed by atoms with van der Waals surface area (Å²) < 4.78 is 37.9. The quantitative estimate of drug-likeness (QED) is 0.865. The molecule has 1 N–H and O–H groups in total. The fraction of sp³-hybridized carbons (Fsp3) is 0.562. The van der Waals surface area contributed by atoms with Crippen LogP contribution in [-0.2, 0) is 14.8 Å². The van der Waals surface area contributed by atoms with Crippen LogP contribution in [0.5, 0.6) is 11.5 Å². The van der Waals surface area contributed by atoms with E-state index in [-0.39, 0.29) is 17.5 Å². The van der Waals surface area contributed by atoms with Crippen LogP contribution >= 0.6 is 0 Å². The molecule has 2 unspecified atom stereocenters. The van der Waals surface area contributed by atoms with Gasteiger partial charge in [-0.15, -0.1) is 0 Å². The minimum Gasteiger partial charge on any atom is -0.493 e. The molecule has 0 amide bonds. The number of rotatable bonds is 5. The molecule has 1 heterocycles. The van der Waals surface area contributed by atoms with E-state index in [4.69, 9.17) is 9.47 Å². The Morgan fingerprint density at radius 1 is 1.21 bits per heavy atom. The average Bonchev–Trinajstić information content (AvgIpc) is 2.54. The first-order valence-corrected chi connectivity index (χ1v) is 9.13. The fourth-order valence-electron chi connectivity index (χ4n) is 2.98. The van der Waals surface area contributed by atoms with Crippen LogP contribution in [0.3, 0.4) is 0 Å². The van der Waals surface area contributed by atoms with Crippen molar-refractivity contribution in [2.24, 2.45) is 5.92 Å². The number of carboxylic acids is 1. The van der Waals surface area contributed by atoms with E-state index in [0.717, 1.165) is 0 Å². The second-order valence-corrected chi connectivity index (χ2v) is 7.87. The van der Waals surface area contributed by atoms with Crippen molar-refractivity contribution in [3.63, 3.8) is 0 Å². The van der Waals surface area contributed by atoms with Gasteiger partial charge in [0.25, 0.3) is 0 Å². The Hall–Kier alpha value is -1.80. The van der Waals surface area contributed by atoms with Gasteiger partial charge in [-0.25, -0.2) is 8.42 Å². The molecule has 0 bridgehead atoms. The third-order valence-electron chi connectivity index (χ3n) is 4.44. The summed E-state index contributed by atoms with van der Waals surface area (Å²) >= 11 is 0. The van der Waals surface area contributed by atoms with Gasteiger partial charge in [0.15, 0.2) is 11.5 Å². The maximum Gasteiger partial charge on any atom is 0.307 e. The molecule has 0 saturated carbocycles. The zero-order chi connectivity index (χ0) is 18.1. The smallest absolute Gasteiger partial charge is 0.307 e. The minimum absolute atomic E-state index is 0.0212. The molecule has 24 heavy (non-hydrogen) atoms.